The van der Waals surface area contributed by atoms with E-state index in [0.29, 0.717) is 0 Å². The lowest BCUT2D eigenvalue weighted by atomic mass is 10.2. The third-order valence-electron chi connectivity index (χ3n) is 2.12. The Kier molecular flexibility index (Phi) is 4.33. The number of alkyl halides is 3. The number of carbonyl (C=O) groups is 1. The summed E-state index contributed by atoms with van der Waals surface area (Å²) < 4.78 is 39.0. The van der Waals surface area contributed by atoms with E-state index < -0.39 is 17.8 Å². The molecule has 0 spiro atoms. The van der Waals surface area contributed by atoms with E-state index in [9.17, 15) is 18.0 Å². The number of amides is 1. The predicted molar refractivity (Wildman–Crippen MR) is 58.4 cm³/mol. The van der Waals surface area contributed by atoms with Crippen LogP contribution in [0.1, 0.15) is 25.1 Å². The number of nitrogens with zero attached hydrogens (tertiary/aromatic N) is 2. The fourth-order valence-corrected chi connectivity index (χ4v) is 1.39. The van der Waals surface area contributed by atoms with Gasteiger partial charge in [0.2, 0.25) is 5.91 Å². The Hall–Kier alpha value is -1.57. The third kappa shape index (κ3) is 4.02. The summed E-state index contributed by atoms with van der Waals surface area (Å²) in [6.07, 6.45) is -3.36. The summed E-state index contributed by atoms with van der Waals surface area (Å²) in [5.74, 6) is -0.741. The number of nitrogens with one attached hydrogen (secondary N) is 1. The topological polar surface area (TPSA) is 72.9 Å². The highest BCUT2D eigenvalue weighted by molar-refractivity contribution is 5.73. The number of hydrogen-bond acceptors (Lipinski definition) is 3. The highest BCUT2D eigenvalue weighted by atomic mass is 19.4. The fraction of sp³-hybridized carbons (Fsp3) is 0.600. The van der Waals surface area contributed by atoms with Gasteiger partial charge in [0, 0.05) is 24.3 Å². The van der Waals surface area contributed by atoms with Crippen LogP contribution in [-0.4, -0.2) is 21.7 Å². The monoisotopic (exact) mass is 264 g/mol. The van der Waals surface area contributed by atoms with Crippen molar-refractivity contribution in [2.24, 2.45) is 5.73 Å². The van der Waals surface area contributed by atoms with Crippen LogP contribution < -0.4 is 11.1 Å². The predicted octanol–water partition coefficient (Wildman–Crippen LogP) is 0.885. The van der Waals surface area contributed by atoms with Gasteiger partial charge in [-0.25, -0.2) is 0 Å². The van der Waals surface area contributed by atoms with E-state index in [1.165, 1.54) is 6.20 Å². The van der Waals surface area contributed by atoms with E-state index in [0.717, 1.165) is 4.68 Å². The second-order valence-electron chi connectivity index (χ2n) is 4.20. The van der Waals surface area contributed by atoms with Crippen LogP contribution in [-0.2, 0) is 24.1 Å². The second kappa shape index (κ2) is 5.38. The summed E-state index contributed by atoms with van der Waals surface area (Å²) in [6.45, 7) is 3.30. The first-order valence-corrected chi connectivity index (χ1v) is 5.35. The minimum atomic E-state index is -4.54. The van der Waals surface area contributed by atoms with Crippen LogP contribution in [0.15, 0.2) is 6.20 Å². The first-order valence-electron chi connectivity index (χ1n) is 5.35. The lowest BCUT2D eigenvalue weighted by Crippen LogP contribution is -2.23. The maximum Gasteiger partial charge on any atom is 0.435 e. The van der Waals surface area contributed by atoms with Crippen molar-refractivity contribution in [3.63, 3.8) is 0 Å². The Morgan fingerprint density at radius 3 is 2.61 bits per heavy atom. The molecule has 102 valence electrons. The van der Waals surface area contributed by atoms with Crippen molar-refractivity contribution in [2.45, 2.75) is 39.2 Å². The highest BCUT2D eigenvalue weighted by Gasteiger charge is 2.37. The molecule has 0 radical (unpaired) electrons. The number of hydrogen-bond donors (Lipinski definition) is 2. The third-order valence-corrected chi connectivity index (χ3v) is 2.12. The van der Waals surface area contributed by atoms with Gasteiger partial charge in [-0.2, -0.15) is 18.3 Å². The Labute approximate surface area is 102 Å². The Bertz CT molecular complexity index is 425. The standard InChI is InChI=1S/C10H15F3N4O/c1-6(2)15-3-7-4-17(5-8(14)18)16-9(7)10(11,12)13/h4,6,15H,3,5H2,1-2H3,(H2,14,18). The average molecular weight is 264 g/mol. The van der Waals surface area contributed by atoms with Crippen LogP contribution in [0.5, 0.6) is 0 Å². The van der Waals surface area contributed by atoms with E-state index in [1.807, 2.05) is 13.8 Å². The molecular weight excluding hydrogens is 249 g/mol. The molecule has 1 rings (SSSR count). The Balaban J connectivity index is 2.97. The van der Waals surface area contributed by atoms with Crippen LogP contribution in [0.25, 0.3) is 0 Å². The van der Waals surface area contributed by atoms with Crippen molar-refractivity contribution in [3.05, 3.63) is 17.5 Å². The van der Waals surface area contributed by atoms with Crippen molar-refractivity contribution in [1.82, 2.24) is 15.1 Å². The van der Waals surface area contributed by atoms with E-state index >= 15 is 0 Å². The SMILES string of the molecule is CC(C)NCc1cn(CC(N)=O)nc1C(F)(F)F. The molecule has 1 aromatic rings. The smallest absolute Gasteiger partial charge is 0.368 e. The van der Waals surface area contributed by atoms with Gasteiger partial charge in [0.25, 0.3) is 0 Å². The van der Waals surface area contributed by atoms with Crippen LogP contribution in [0.4, 0.5) is 13.2 Å². The number of halogens is 3. The first kappa shape index (κ1) is 14.5. The van der Waals surface area contributed by atoms with Gasteiger partial charge >= 0.3 is 6.18 Å². The van der Waals surface area contributed by atoms with Gasteiger partial charge in [-0.1, -0.05) is 13.8 Å². The van der Waals surface area contributed by atoms with E-state index in [-0.39, 0.29) is 24.7 Å². The van der Waals surface area contributed by atoms with E-state index in [1.54, 1.807) is 0 Å². The molecular formula is C10H15F3N4O. The first-order chi connectivity index (χ1) is 8.20. The van der Waals surface area contributed by atoms with E-state index in [2.05, 4.69) is 10.4 Å². The van der Waals surface area contributed by atoms with Crippen LogP contribution in [0, 0.1) is 0 Å². The van der Waals surface area contributed by atoms with Crippen molar-refractivity contribution in [1.29, 1.82) is 0 Å². The average Bonchev–Trinajstić information content (AvgIpc) is 2.56. The van der Waals surface area contributed by atoms with Crippen molar-refractivity contribution in [3.8, 4) is 0 Å². The molecule has 1 aromatic heterocycles. The number of rotatable bonds is 5. The summed E-state index contributed by atoms with van der Waals surface area (Å²) in [4.78, 5) is 10.7. The van der Waals surface area contributed by atoms with Crippen molar-refractivity contribution < 1.29 is 18.0 Å². The molecule has 0 aliphatic carbocycles. The summed E-state index contributed by atoms with van der Waals surface area (Å²) in [5.41, 5.74) is 3.93. The molecule has 0 saturated heterocycles. The van der Waals surface area contributed by atoms with Gasteiger partial charge in [-0.05, 0) is 0 Å². The quantitative estimate of drug-likeness (QED) is 0.829. The lowest BCUT2D eigenvalue weighted by molar-refractivity contribution is -0.142. The molecule has 18 heavy (non-hydrogen) atoms. The minimum absolute atomic E-state index is 0.00236. The Morgan fingerprint density at radius 2 is 2.17 bits per heavy atom. The molecule has 5 nitrogen and oxygen atoms in total. The summed E-state index contributed by atoms with van der Waals surface area (Å²) in [5, 5.41) is 6.22. The number of aromatic nitrogens is 2. The highest BCUT2D eigenvalue weighted by Crippen LogP contribution is 2.30. The van der Waals surface area contributed by atoms with E-state index in [4.69, 9.17) is 5.73 Å². The molecule has 0 aromatic carbocycles. The largest absolute Gasteiger partial charge is 0.435 e. The summed E-state index contributed by atoms with van der Waals surface area (Å²) in [6, 6.07) is 0.0468. The zero-order chi connectivity index (χ0) is 13.9. The molecule has 0 saturated carbocycles. The zero-order valence-electron chi connectivity index (χ0n) is 10.1. The van der Waals surface area contributed by atoms with Gasteiger partial charge in [-0.3, -0.25) is 9.48 Å². The summed E-state index contributed by atoms with van der Waals surface area (Å²) in [7, 11) is 0. The Morgan fingerprint density at radius 1 is 1.56 bits per heavy atom. The lowest BCUT2D eigenvalue weighted by Gasteiger charge is -2.09. The van der Waals surface area contributed by atoms with Crippen LogP contribution >= 0.6 is 0 Å². The number of carbonyl (C=O) groups excluding carboxylic acids is 1. The molecule has 0 aliphatic heterocycles. The van der Waals surface area contributed by atoms with Crippen molar-refractivity contribution in [2.75, 3.05) is 0 Å². The molecule has 0 unspecified atom stereocenters. The van der Waals surface area contributed by atoms with Gasteiger partial charge < -0.3 is 11.1 Å². The zero-order valence-corrected chi connectivity index (χ0v) is 10.1. The molecule has 3 N–H and O–H groups in total. The number of primary amides is 1. The van der Waals surface area contributed by atoms with Gasteiger partial charge in [-0.15, -0.1) is 0 Å². The van der Waals surface area contributed by atoms with Gasteiger partial charge in [0.05, 0.1) is 0 Å². The second-order valence-corrected chi connectivity index (χ2v) is 4.20. The fourth-order valence-electron chi connectivity index (χ4n) is 1.39. The molecule has 8 heteroatoms. The van der Waals surface area contributed by atoms with Gasteiger partial charge in [0.15, 0.2) is 5.69 Å². The normalized spacial score (nSPS) is 12.1. The number of nitrogens with two attached hydrogens (primary N) is 1. The van der Waals surface area contributed by atoms with Crippen LogP contribution in [0.3, 0.4) is 0 Å². The maximum atomic E-state index is 12.7. The molecule has 0 fully saturated rings. The molecule has 0 bridgehead atoms. The van der Waals surface area contributed by atoms with Gasteiger partial charge in [0.1, 0.15) is 6.54 Å². The molecule has 1 amide bonds. The molecule has 0 atom stereocenters. The van der Waals surface area contributed by atoms with Crippen molar-refractivity contribution >= 4 is 5.91 Å². The minimum Gasteiger partial charge on any atom is -0.368 e. The molecule has 0 aliphatic rings. The summed E-state index contributed by atoms with van der Waals surface area (Å²) >= 11 is 0. The van der Waals surface area contributed by atoms with Crippen LogP contribution in [0.2, 0.25) is 0 Å². The maximum absolute atomic E-state index is 12.7. The molecule has 1 heterocycles.